The van der Waals surface area contributed by atoms with Gasteiger partial charge in [0.1, 0.15) is 33.9 Å². The molecule has 1 saturated heterocycles. The molecular formula is C18H15FN6O2S2. The molecule has 29 heavy (non-hydrogen) atoms. The lowest BCUT2D eigenvalue weighted by molar-refractivity contribution is 0.384. The fourth-order valence-corrected chi connectivity index (χ4v) is 5.74. The van der Waals surface area contributed by atoms with Gasteiger partial charge in [-0.05, 0) is 24.3 Å². The van der Waals surface area contributed by atoms with Gasteiger partial charge in [0.2, 0.25) is 10.0 Å². The van der Waals surface area contributed by atoms with Gasteiger partial charge >= 0.3 is 0 Å². The average Bonchev–Trinajstić information content (AvgIpc) is 3.22. The molecule has 0 aliphatic carbocycles. The van der Waals surface area contributed by atoms with E-state index in [2.05, 4.69) is 18.7 Å². The maximum absolute atomic E-state index is 14.4. The van der Waals surface area contributed by atoms with Crippen LogP contribution in [0.4, 0.5) is 10.2 Å². The number of aromatic nitrogens is 4. The van der Waals surface area contributed by atoms with E-state index in [1.807, 2.05) is 4.90 Å². The topological polar surface area (TPSA) is 92.2 Å². The number of halogens is 1. The van der Waals surface area contributed by atoms with Crippen LogP contribution in [-0.4, -0.2) is 57.6 Å². The van der Waals surface area contributed by atoms with E-state index in [4.69, 9.17) is 0 Å². The second-order valence-electron chi connectivity index (χ2n) is 6.61. The lowest BCUT2D eigenvalue weighted by Crippen LogP contribution is -2.49. The van der Waals surface area contributed by atoms with Gasteiger partial charge < -0.3 is 4.90 Å². The summed E-state index contributed by atoms with van der Waals surface area (Å²) in [6.07, 6.45) is 1.40. The summed E-state index contributed by atoms with van der Waals surface area (Å²) in [7, 11) is -3.71. The van der Waals surface area contributed by atoms with E-state index in [0.29, 0.717) is 40.8 Å². The second kappa shape index (κ2) is 6.94. The molecule has 1 fully saturated rings. The molecule has 11 heteroatoms. The molecule has 0 amide bonds. The highest BCUT2D eigenvalue weighted by atomic mass is 32.2. The van der Waals surface area contributed by atoms with Crippen LogP contribution in [0.3, 0.4) is 0 Å². The fraction of sp³-hybridized carbons (Fsp3) is 0.222. The number of benzene rings is 2. The Hall–Kier alpha value is -2.76. The summed E-state index contributed by atoms with van der Waals surface area (Å²) in [6, 6.07) is 9.67. The molecule has 0 bridgehead atoms. The minimum Gasteiger partial charge on any atom is -0.353 e. The van der Waals surface area contributed by atoms with Crippen LogP contribution >= 0.6 is 11.7 Å². The molecule has 0 atom stereocenters. The SMILES string of the molecule is O=S(=O)(c1cccc2nsnc12)N1CCN(c2ncnc3cccc(F)c23)CC1. The molecule has 0 radical (unpaired) electrons. The first-order valence-corrected chi connectivity index (χ1v) is 11.1. The molecule has 3 heterocycles. The zero-order valence-corrected chi connectivity index (χ0v) is 16.7. The van der Waals surface area contributed by atoms with E-state index in [1.54, 1.807) is 30.3 Å². The van der Waals surface area contributed by atoms with Crippen molar-refractivity contribution < 1.29 is 12.8 Å². The maximum atomic E-state index is 14.4. The molecule has 0 spiro atoms. The van der Waals surface area contributed by atoms with Crippen molar-refractivity contribution in [3.63, 3.8) is 0 Å². The molecule has 1 aliphatic rings. The molecule has 8 nitrogen and oxygen atoms in total. The van der Waals surface area contributed by atoms with Gasteiger partial charge in [-0.15, -0.1) is 0 Å². The molecule has 0 unspecified atom stereocenters. The number of piperazine rings is 1. The Morgan fingerprint density at radius 2 is 1.69 bits per heavy atom. The first-order valence-electron chi connectivity index (χ1n) is 8.91. The number of rotatable bonds is 3. The van der Waals surface area contributed by atoms with Crippen LogP contribution in [0.25, 0.3) is 21.9 Å². The molecule has 2 aromatic carbocycles. The Balaban J connectivity index is 1.43. The molecule has 0 N–H and O–H groups in total. The van der Waals surface area contributed by atoms with E-state index < -0.39 is 15.8 Å². The maximum Gasteiger partial charge on any atom is 0.245 e. The number of fused-ring (bicyclic) bond motifs is 2. The van der Waals surface area contributed by atoms with Crippen LogP contribution < -0.4 is 4.90 Å². The van der Waals surface area contributed by atoms with Crippen molar-refractivity contribution >= 4 is 49.5 Å². The Morgan fingerprint density at radius 1 is 0.931 bits per heavy atom. The van der Waals surface area contributed by atoms with Gasteiger partial charge in [-0.25, -0.2) is 22.8 Å². The van der Waals surface area contributed by atoms with Crippen molar-refractivity contribution in [3.8, 4) is 0 Å². The van der Waals surface area contributed by atoms with Crippen LogP contribution in [0.5, 0.6) is 0 Å². The first-order chi connectivity index (χ1) is 14.1. The summed E-state index contributed by atoms with van der Waals surface area (Å²) in [5.41, 5.74) is 1.48. The van der Waals surface area contributed by atoms with Crippen LogP contribution in [0, 0.1) is 5.82 Å². The highest BCUT2D eigenvalue weighted by Gasteiger charge is 2.31. The Bertz CT molecular complexity index is 1310. The highest BCUT2D eigenvalue weighted by Crippen LogP contribution is 2.29. The summed E-state index contributed by atoms with van der Waals surface area (Å²) in [5.74, 6) is 0.0896. The first kappa shape index (κ1) is 18.3. The van der Waals surface area contributed by atoms with Gasteiger partial charge in [0.25, 0.3) is 0 Å². The standard InChI is InChI=1S/C18H15FN6O2S2/c19-12-3-1-4-13-16(12)18(21-11-20-13)24-7-9-25(10-8-24)29(26,27)15-6-2-5-14-17(15)23-28-22-14/h1-6,11H,7-10H2. The van der Waals surface area contributed by atoms with Crippen molar-refractivity contribution in [2.75, 3.05) is 31.1 Å². The van der Waals surface area contributed by atoms with Gasteiger partial charge in [-0.2, -0.15) is 13.1 Å². The molecule has 5 rings (SSSR count). The normalized spacial score (nSPS) is 16.0. The predicted octanol–water partition coefficient (Wildman–Crippen LogP) is 2.28. The lowest BCUT2D eigenvalue weighted by atomic mass is 10.2. The number of hydrogen-bond acceptors (Lipinski definition) is 8. The molecule has 1 aliphatic heterocycles. The van der Waals surface area contributed by atoms with E-state index in [-0.39, 0.29) is 18.0 Å². The zero-order valence-electron chi connectivity index (χ0n) is 15.1. The second-order valence-corrected chi connectivity index (χ2v) is 9.05. The Labute approximate surface area is 170 Å². The van der Waals surface area contributed by atoms with Gasteiger partial charge in [0, 0.05) is 26.2 Å². The monoisotopic (exact) mass is 430 g/mol. The zero-order chi connectivity index (χ0) is 20.0. The predicted molar refractivity (Wildman–Crippen MR) is 108 cm³/mol. The molecule has 148 valence electrons. The quantitative estimate of drug-likeness (QED) is 0.492. The fourth-order valence-electron chi connectivity index (χ4n) is 3.56. The Kier molecular flexibility index (Phi) is 4.37. The van der Waals surface area contributed by atoms with Crippen molar-refractivity contribution in [1.29, 1.82) is 0 Å². The summed E-state index contributed by atoms with van der Waals surface area (Å²) in [5, 5.41) is 0.352. The van der Waals surface area contributed by atoms with Gasteiger partial charge in [0.05, 0.1) is 22.6 Å². The number of nitrogens with zero attached hydrogens (tertiary/aromatic N) is 6. The van der Waals surface area contributed by atoms with E-state index >= 15 is 0 Å². The molecular weight excluding hydrogens is 415 g/mol. The summed E-state index contributed by atoms with van der Waals surface area (Å²) in [6.45, 7) is 1.31. The summed E-state index contributed by atoms with van der Waals surface area (Å²) in [4.78, 5) is 10.4. The molecule has 0 saturated carbocycles. The minimum atomic E-state index is -3.71. The van der Waals surface area contributed by atoms with Crippen LogP contribution in [-0.2, 0) is 10.0 Å². The summed E-state index contributed by atoms with van der Waals surface area (Å²) < 4.78 is 50.4. The average molecular weight is 430 g/mol. The number of hydrogen-bond donors (Lipinski definition) is 0. The van der Waals surface area contributed by atoms with Gasteiger partial charge in [-0.3, -0.25) is 0 Å². The minimum absolute atomic E-state index is 0.163. The number of sulfonamides is 1. The third-order valence-electron chi connectivity index (χ3n) is 5.00. The molecule has 2 aromatic heterocycles. The lowest BCUT2D eigenvalue weighted by Gasteiger charge is -2.35. The van der Waals surface area contributed by atoms with E-state index in [1.165, 1.54) is 16.7 Å². The van der Waals surface area contributed by atoms with Crippen LogP contribution in [0.1, 0.15) is 0 Å². The van der Waals surface area contributed by atoms with Crippen LogP contribution in [0.15, 0.2) is 47.6 Å². The van der Waals surface area contributed by atoms with Gasteiger partial charge in [0.15, 0.2) is 0 Å². The smallest absolute Gasteiger partial charge is 0.245 e. The largest absolute Gasteiger partial charge is 0.353 e. The third kappa shape index (κ3) is 3.02. The van der Waals surface area contributed by atoms with Crippen LogP contribution in [0.2, 0.25) is 0 Å². The highest BCUT2D eigenvalue weighted by molar-refractivity contribution is 7.89. The number of anilines is 1. The van der Waals surface area contributed by atoms with Crippen molar-refractivity contribution in [2.24, 2.45) is 0 Å². The molecule has 4 aromatic rings. The van der Waals surface area contributed by atoms with Crippen molar-refractivity contribution in [1.82, 2.24) is 23.0 Å². The Morgan fingerprint density at radius 3 is 2.52 bits per heavy atom. The van der Waals surface area contributed by atoms with E-state index in [9.17, 15) is 12.8 Å². The van der Waals surface area contributed by atoms with Crippen molar-refractivity contribution in [2.45, 2.75) is 4.90 Å². The summed E-state index contributed by atoms with van der Waals surface area (Å²) >= 11 is 0.989. The third-order valence-corrected chi connectivity index (χ3v) is 7.47. The van der Waals surface area contributed by atoms with Gasteiger partial charge in [-0.1, -0.05) is 12.1 Å². The van der Waals surface area contributed by atoms with E-state index in [0.717, 1.165) is 11.7 Å². The van der Waals surface area contributed by atoms with Crippen molar-refractivity contribution in [3.05, 3.63) is 48.5 Å².